The standard InChI is InChI=1S/C17H26O4Si/c1-22(2,3)21-16-6-8-17(19-10-11-20-17)15(12-16)5-4-14-7-9-18-13-14/h7,9,12-13,15H,4-6,8,10-11H2,1-3H3. The molecule has 1 aromatic heterocycles. The normalized spacial score (nSPS) is 24.5. The highest BCUT2D eigenvalue weighted by molar-refractivity contribution is 6.70. The monoisotopic (exact) mass is 322 g/mol. The van der Waals surface area contributed by atoms with Crippen LogP contribution in [-0.4, -0.2) is 27.3 Å². The van der Waals surface area contributed by atoms with Crippen LogP contribution in [0.15, 0.2) is 34.8 Å². The number of ether oxygens (including phenoxy) is 2. The van der Waals surface area contributed by atoms with Crippen LogP contribution in [-0.2, 0) is 20.3 Å². The highest BCUT2D eigenvalue weighted by Gasteiger charge is 2.45. The second-order valence-electron chi connectivity index (χ2n) is 7.13. The number of rotatable bonds is 5. The third-order valence-corrected chi connectivity index (χ3v) is 5.08. The summed E-state index contributed by atoms with van der Waals surface area (Å²) in [7, 11) is -1.57. The van der Waals surface area contributed by atoms with Crippen molar-refractivity contribution < 1.29 is 18.3 Å². The molecule has 5 heteroatoms. The van der Waals surface area contributed by atoms with E-state index in [1.54, 1.807) is 6.26 Å². The lowest BCUT2D eigenvalue weighted by atomic mass is 9.84. The van der Waals surface area contributed by atoms with Gasteiger partial charge in [0.1, 0.15) is 0 Å². The van der Waals surface area contributed by atoms with Crippen molar-refractivity contribution in [1.82, 2.24) is 0 Å². The molecule has 2 aliphatic rings. The van der Waals surface area contributed by atoms with Crippen LogP contribution in [0.25, 0.3) is 0 Å². The summed E-state index contributed by atoms with van der Waals surface area (Å²) in [5.41, 5.74) is 1.22. The molecule has 0 bridgehead atoms. The van der Waals surface area contributed by atoms with Gasteiger partial charge in [-0.3, -0.25) is 0 Å². The van der Waals surface area contributed by atoms with Gasteiger partial charge in [0.15, 0.2) is 5.79 Å². The van der Waals surface area contributed by atoms with Gasteiger partial charge in [-0.15, -0.1) is 0 Å². The number of furan rings is 1. The Morgan fingerprint density at radius 2 is 2.05 bits per heavy atom. The van der Waals surface area contributed by atoms with Crippen molar-refractivity contribution in [1.29, 1.82) is 0 Å². The summed E-state index contributed by atoms with van der Waals surface area (Å²) in [4.78, 5) is 0. The lowest BCUT2D eigenvalue weighted by molar-refractivity contribution is -0.195. The molecule has 1 unspecified atom stereocenters. The van der Waals surface area contributed by atoms with Crippen molar-refractivity contribution in [3.8, 4) is 0 Å². The summed E-state index contributed by atoms with van der Waals surface area (Å²) < 4.78 is 23.4. The average molecular weight is 322 g/mol. The number of hydrogen-bond acceptors (Lipinski definition) is 4. The van der Waals surface area contributed by atoms with Crippen LogP contribution >= 0.6 is 0 Å². The Kier molecular flexibility index (Phi) is 4.48. The van der Waals surface area contributed by atoms with E-state index in [4.69, 9.17) is 18.3 Å². The molecule has 122 valence electrons. The Bertz CT molecular complexity index is 509. The van der Waals surface area contributed by atoms with E-state index < -0.39 is 14.1 Å². The molecule has 1 aliphatic carbocycles. The van der Waals surface area contributed by atoms with Crippen molar-refractivity contribution in [2.45, 2.75) is 51.1 Å². The van der Waals surface area contributed by atoms with Crippen LogP contribution in [0.4, 0.5) is 0 Å². The first-order valence-corrected chi connectivity index (χ1v) is 11.6. The number of allylic oxidation sites excluding steroid dienone is 1. The highest BCUT2D eigenvalue weighted by atomic mass is 28.4. The molecule has 0 radical (unpaired) electrons. The maximum atomic E-state index is 6.22. The first-order valence-electron chi connectivity index (χ1n) is 8.16. The van der Waals surface area contributed by atoms with Gasteiger partial charge < -0.3 is 18.3 Å². The zero-order valence-corrected chi connectivity index (χ0v) is 14.8. The van der Waals surface area contributed by atoms with Gasteiger partial charge in [0.2, 0.25) is 8.32 Å². The fraction of sp³-hybridized carbons (Fsp3) is 0.647. The second-order valence-corrected chi connectivity index (χ2v) is 11.6. The van der Waals surface area contributed by atoms with Crippen LogP contribution < -0.4 is 0 Å². The molecule has 3 rings (SSSR count). The van der Waals surface area contributed by atoms with E-state index in [9.17, 15) is 0 Å². The molecular formula is C17H26O4Si. The molecular weight excluding hydrogens is 296 g/mol. The molecule has 0 saturated carbocycles. The SMILES string of the molecule is C[Si](C)(C)OC1=CC(CCc2ccoc2)C2(CC1)OCCO2. The van der Waals surface area contributed by atoms with Gasteiger partial charge in [0, 0.05) is 18.8 Å². The minimum Gasteiger partial charge on any atom is -0.548 e. The summed E-state index contributed by atoms with van der Waals surface area (Å²) >= 11 is 0. The molecule has 0 aromatic carbocycles. The number of hydrogen-bond donors (Lipinski definition) is 0. The van der Waals surface area contributed by atoms with Gasteiger partial charge >= 0.3 is 0 Å². The van der Waals surface area contributed by atoms with E-state index in [1.807, 2.05) is 12.3 Å². The average Bonchev–Trinajstić information content (AvgIpc) is 3.10. The molecule has 4 nitrogen and oxygen atoms in total. The molecule has 1 aromatic rings. The van der Waals surface area contributed by atoms with Crippen molar-refractivity contribution in [3.05, 3.63) is 36.0 Å². The van der Waals surface area contributed by atoms with Crippen molar-refractivity contribution >= 4 is 8.32 Å². The molecule has 1 spiro atoms. The third-order valence-electron chi connectivity index (χ3n) is 4.21. The fourth-order valence-corrected chi connectivity index (χ4v) is 4.24. The van der Waals surface area contributed by atoms with E-state index >= 15 is 0 Å². The molecule has 2 heterocycles. The predicted octanol–water partition coefficient (Wildman–Crippen LogP) is 4.10. The zero-order chi connectivity index (χ0) is 15.6. The van der Waals surface area contributed by atoms with Crippen LogP contribution in [0, 0.1) is 5.92 Å². The van der Waals surface area contributed by atoms with Gasteiger partial charge in [-0.1, -0.05) is 0 Å². The predicted molar refractivity (Wildman–Crippen MR) is 86.9 cm³/mol. The van der Waals surface area contributed by atoms with Crippen LogP contribution in [0.5, 0.6) is 0 Å². The zero-order valence-electron chi connectivity index (χ0n) is 13.8. The minimum absolute atomic E-state index is 0.241. The first-order chi connectivity index (χ1) is 10.5. The van der Waals surface area contributed by atoms with Crippen LogP contribution in [0.1, 0.15) is 24.8 Å². The summed E-state index contributed by atoms with van der Waals surface area (Å²) in [5, 5.41) is 0. The van der Waals surface area contributed by atoms with Crippen molar-refractivity contribution in [2.75, 3.05) is 13.2 Å². The topological polar surface area (TPSA) is 40.8 Å². The first kappa shape index (κ1) is 15.8. The van der Waals surface area contributed by atoms with E-state index in [2.05, 4.69) is 25.7 Å². The molecule has 0 N–H and O–H groups in total. The third kappa shape index (κ3) is 3.64. The van der Waals surface area contributed by atoms with Gasteiger partial charge in [-0.2, -0.15) is 0 Å². The van der Waals surface area contributed by atoms with Gasteiger partial charge in [0.25, 0.3) is 0 Å². The minimum atomic E-state index is -1.57. The Morgan fingerprint density at radius 1 is 1.27 bits per heavy atom. The molecule has 1 saturated heterocycles. The molecule has 1 aliphatic heterocycles. The van der Waals surface area contributed by atoms with E-state index in [0.29, 0.717) is 13.2 Å². The maximum absolute atomic E-state index is 6.22. The van der Waals surface area contributed by atoms with Crippen LogP contribution in [0.2, 0.25) is 19.6 Å². The Labute approximate surface area is 133 Å². The molecule has 0 amide bonds. The summed E-state index contributed by atoms with van der Waals surface area (Å²) in [5.74, 6) is 0.932. The number of aryl methyl sites for hydroxylation is 1. The molecule has 22 heavy (non-hydrogen) atoms. The van der Waals surface area contributed by atoms with E-state index in [0.717, 1.165) is 31.4 Å². The smallest absolute Gasteiger partial charge is 0.241 e. The van der Waals surface area contributed by atoms with E-state index in [-0.39, 0.29) is 5.92 Å². The maximum Gasteiger partial charge on any atom is 0.241 e. The van der Waals surface area contributed by atoms with E-state index in [1.165, 1.54) is 5.56 Å². The largest absolute Gasteiger partial charge is 0.548 e. The van der Waals surface area contributed by atoms with Gasteiger partial charge in [-0.25, -0.2) is 0 Å². The molecule has 1 fully saturated rings. The summed E-state index contributed by atoms with van der Waals surface area (Å²) in [6.07, 6.45) is 9.54. The second kappa shape index (κ2) is 6.22. The quantitative estimate of drug-likeness (QED) is 0.765. The van der Waals surface area contributed by atoms with Crippen molar-refractivity contribution in [2.24, 2.45) is 5.92 Å². The Balaban J connectivity index is 1.74. The Hall–Kier alpha value is -1.04. The van der Waals surface area contributed by atoms with Crippen molar-refractivity contribution in [3.63, 3.8) is 0 Å². The van der Waals surface area contributed by atoms with Crippen LogP contribution in [0.3, 0.4) is 0 Å². The lowest BCUT2D eigenvalue weighted by Gasteiger charge is -2.39. The summed E-state index contributed by atoms with van der Waals surface area (Å²) in [6, 6.07) is 2.02. The fourth-order valence-electron chi connectivity index (χ4n) is 3.29. The van der Waals surface area contributed by atoms with Gasteiger partial charge in [0.05, 0.1) is 31.5 Å². The highest BCUT2D eigenvalue weighted by Crippen LogP contribution is 2.42. The summed E-state index contributed by atoms with van der Waals surface area (Å²) in [6.45, 7) is 8.06. The molecule has 1 atom stereocenters. The lowest BCUT2D eigenvalue weighted by Crippen LogP contribution is -2.42. The van der Waals surface area contributed by atoms with Gasteiger partial charge in [-0.05, 0) is 50.2 Å². The Morgan fingerprint density at radius 3 is 2.68 bits per heavy atom.